The summed E-state index contributed by atoms with van der Waals surface area (Å²) in [5.74, 6) is 1.97. The largest absolute Gasteiger partial charge is 0.492 e. The van der Waals surface area contributed by atoms with Crippen LogP contribution in [-0.2, 0) is 6.54 Å². The van der Waals surface area contributed by atoms with E-state index in [0.29, 0.717) is 11.9 Å². The molecule has 5 rings (SSSR count). The molecule has 3 aromatic heterocycles. The molecule has 0 unspecified atom stereocenters. The van der Waals surface area contributed by atoms with E-state index in [1.54, 1.807) is 0 Å². The van der Waals surface area contributed by atoms with Gasteiger partial charge in [0.05, 0.1) is 11.9 Å². The van der Waals surface area contributed by atoms with Crippen LogP contribution in [0.15, 0.2) is 54.9 Å². The van der Waals surface area contributed by atoms with Crippen LogP contribution in [0, 0.1) is 5.92 Å². The summed E-state index contributed by atoms with van der Waals surface area (Å²) in [5, 5.41) is 12.5. The van der Waals surface area contributed by atoms with Crippen molar-refractivity contribution in [1.82, 2.24) is 29.3 Å². The monoisotopic (exact) mass is 445 g/mol. The van der Waals surface area contributed by atoms with Gasteiger partial charge >= 0.3 is 0 Å². The van der Waals surface area contributed by atoms with Crippen molar-refractivity contribution in [3.05, 3.63) is 54.9 Å². The molecule has 1 aliphatic rings. The van der Waals surface area contributed by atoms with E-state index < -0.39 is 0 Å². The number of fused-ring (bicyclic) bond motifs is 1. The van der Waals surface area contributed by atoms with Crippen LogP contribution in [0.25, 0.3) is 16.9 Å². The third-order valence-electron chi connectivity index (χ3n) is 5.83. The number of likely N-dealkylation sites (tertiary alicyclic amines) is 1. The first-order valence-corrected chi connectivity index (χ1v) is 11.7. The molecule has 0 aliphatic carbocycles. The smallest absolute Gasteiger partial charge is 0.247 e. The van der Waals surface area contributed by atoms with E-state index in [4.69, 9.17) is 9.84 Å². The Bertz CT molecular complexity index is 1190. The molecule has 1 fully saturated rings. The van der Waals surface area contributed by atoms with Crippen molar-refractivity contribution in [3.63, 3.8) is 0 Å². The standard InChI is InChI=1S/C25H31N7O/c1-19(2)17-31-18-20(16-26-31)23-6-5-7-24-28-25(29-32(23)24)27-21-8-10-22(11-9-21)33-15-14-30-12-3-4-13-30/h5-11,16,18-19H,3-4,12-15,17H2,1-2H3,(H,27,29). The van der Waals surface area contributed by atoms with Crippen LogP contribution < -0.4 is 10.1 Å². The Kier molecular flexibility index (Phi) is 6.26. The molecule has 8 nitrogen and oxygen atoms in total. The molecule has 0 radical (unpaired) electrons. The van der Waals surface area contributed by atoms with Crippen LogP contribution in [0.2, 0.25) is 0 Å². The molecule has 1 aromatic carbocycles. The number of aromatic nitrogens is 5. The minimum Gasteiger partial charge on any atom is -0.492 e. The van der Waals surface area contributed by atoms with Crippen LogP contribution >= 0.6 is 0 Å². The van der Waals surface area contributed by atoms with Gasteiger partial charge in [0, 0.05) is 30.5 Å². The molecule has 0 saturated carbocycles. The highest BCUT2D eigenvalue weighted by molar-refractivity contribution is 5.63. The molecule has 4 aromatic rings. The predicted molar refractivity (Wildman–Crippen MR) is 130 cm³/mol. The normalized spacial score (nSPS) is 14.4. The Morgan fingerprint density at radius 1 is 1.06 bits per heavy atom. The molecule has 172 valence electrons. The lowest BCUT2D eigenvalue weighted by Crippen LogP contribution is -2.25. The second kappa shape index (κ2) is 9.62. The zero-order chi connectivity index (χ0) is 22.6. The van der Waals surface area contributed by atoms with Gasteiger partial charge in [0.1, 0.15) is 12.4 Å². The van der Waals surface area contributed by atoms with Crippen LogP contribution in [0.5, 0.6) is 5.75 Å². The van der Waals surface area contributed by atoms with Gasteiger partial charge in [-0.15, -0.1) is 5.10 Å². The van der Waals surface area contributed by atoms with Crippen molar-refractivity contribution in [2.45, 2.75) is 33.2 Å². The van der Waals surface area contributed by atoms with E-state index in [1.807, 2.05) is 57.9 Å². The number of nitrogens with one attached hydrogen (secondary N) is 1. The van der Waals surface area contributed by atoms with Gasteiger partial charge in [-0.1, -0.05) is 19.9 Å². The summed E-state index contributed by atoms with van der Waals surface area (Å²) in [6, 6.07) is 13.9. The fraction of sp³-hybridized carbons (Fsp3) is 0.400. The first-order valence-electron chi connectivity index (χ1n) is 11.7. The second-order valence-corrected chi connectivity index (χ2v) is 9.01. The molecule has 1 saturated heterocycles. The second-order valence-electron chi connectivity index (χ2n) is 9.01. The van der Waals surface area contributed by atoms with E-state index >= 15 is 0 Å². The predicted octanol–water partition coefficient (Wildman–Crippen LogP) is 4.47. The van der Waals surface area contributed by atoms with Gasteiger partial charge in [-0.25, -0.2) is 4.52 Å². The minimum absolute atomic E-state index is 0.539. The zero-order valence-corrected chi connectivity index (χ0v) is 19.3. The number of nitrogens with zero attached hydrogens (tertiary/aromatic N) is 6. The summed E-state index contributed by atoms with van der Waals surface area (Å²) in [5.41, 5.74) is 3.69. The van der Waals surface area contributed by atoms with Crippen molar-refractivity contribution < 1.29 is 4.74 Å². The molecular weight excluding hydrogens is 414 g/mol. The summed E-state index contributed by atoms with van der Waals surface area (Å²) < 4.78 is 9.73. The maximum atomic E-state index is 5.90. The van der Waals surface area contributed by atoms with Gasteiger partial charge in [-0.2, -0.15) is 10.1 Å². The lowest BCUT2D eigenvalue weighted by molar-refractivity contribution is 0.238. The van der Waals surface area contributed by atoms with Crippen molar-refractivity contribution in [2.24, 2.45) is 5.92 Å². The van der Waals surface area contributed by atoms with Gasteiger partial charge in [0.2, 0.25) is 5.95 Å². The Morgan fingerprint density at radius 3 is 2.67 bits per heavy atom. The summed E-state index contributed by atoms with van der Waals surface area (Å²) in [6.45, 7) is 9.36. The van der Waals surface area contributed by atoms with Crippen LogP contribution in [0.3, 0.4) is 0 Å². The Labute approximate surface area is 194 Å². The highest BCUT2D eigenvalue weighted by Crippen LogP contribution is 2.23. The number of hydrogen-bond donors (Lipinski definition) is 1. The highest BCUT2D eigenvalue weighted by Gasteiger charge is 2.12. The van der Waals surface area contributed by atoms with E-state index in [9.17, 15) is 0 Å². The number of rotatable bonds is 9. The maximum Gasteiger partial charge on any atom is 0.247 e. The number of pyridine rings is 1. The molecule has 0 spiro atoms. The SMILES string of the molecule is CC(C)Cn1cc(-c2cccc3nc(Nc4ccc(OCCN5CCCC5)cc4)nn23)cn1. The molecule has 0 amide bonds. The molecular formula is C25H31N7O. The quantitative estimate of drug-likeness (QED) is 0.410. The van der Waals surface area contributed by atoms with E-state index in [-0.39, 0.29) is 0 Å². The average molecular weight is 446 g/mol. The molecule has 1 aliphatic heterocycles. The van der Waals surface area contributed by atoms with Crippen molar-refractivity contribution in [1.29, 1.82) is 0 Å². The summed E-state index contributed by atoms with van der Waals surface area (Å²) in [7, 11) is 0. The Balaban J connectivity index is 1.25. The Morgan fingerprint density at radius 2 is 1.88 bits per heavy atom. The lowest BCUT2D eigenvalue weighted by Gasteiger charge is -2.15. The van der Waals surface area contributed by atoms with Crippen molar-refractivity contribution in [3.8, 4) is 17.0 Å². The molecule has 0 atom stereocenters. The van der Waals surface area contributed by atoms with E-state index in [1.165, 1.54) is 25.9 Å². The highest BCUT2D eigenvalue weighted by atomic mass is 16.5. The molecule has 8 heteroatoms. The molecule has 1 N–H and O–H groups in total. The maximum absolute atomic E-state index is 5.90. The average Bonchev–Trinajstić information content (AvgIpc) is 3.55. The van der Waals surface area contributed by atoms with Crippen molar-refractivity contribution in [2.75, 3.05) is 31.6 Å². The summed E-state index contributed by atoms with van der Waals surface area (Å²) in [6.07, 6.45) is 6.56. The Hall–Kier alpha value is -3.39. The third kappa shape index (κ3) is 5.17. The minimum atomic E-state index is 0.539. The van der Waals surface area contributed by atoms with Gasteiger partial charge < -0.3 is 10.1 Å². The number of anilines is 2. The number of hydrogen-bond acceptors (Lipinski definition) is 6. The molecule has 4 heterocycles. The van der Waals surface area contributed by atoms with Crippen LogP contribution in [0.4, 0.5) is 11.6 Å². The number of ether oxygens (including phenoxy) is 1. The lowest BCUT2D eigenvalue weighted by atomic mass is 10.2. The third-order valence-corrected chi connectivity index (χ3v) is 5.83. The fourth-order valence-electron chi connectivity index (χ4n) is 4.21. The van der Waals surface area contributed by atoms with E-state index in [0.717, 1.165) is 48.0 Å². The first-order chi connectivity index (χ1) is 16.1. The van der Waals surface area contributed by atoms with E-state index in [2.05, 4.69) is 40.3 Å². The fourth-order valence-corrected chi connectivity index (χ4v) is 4.21. The summed E-state index contributed by atoms with van der Waals surface area (Å²) in [4.78, 5) is 7.10. The molecule has 0 bridgehead atoms. The van der Waals surface area contributed by atoms with Gasteiger partial charge in [-0.3, -0.25) is 9.58 Å². The first kappa shape index (κ1) is 21.5. The zero-order valence-electron chi connectivity index (χ0n) is 19.3. The molecule has 33 heavy (non-hydrogen) atoms. The van der Waals surface area contributed by atoms with Gasteiger partial charge in [-0.05, 0) is 68.2 Å². The van der Waals surface area contributed by atoms with Crippen LogP contribution in [-0.4, -0.2) is 55.5 Å². The van der Waals surface area contributed by atoms with Crippen LogP contribution in [0.1, 0.15) is 26.7 Å². The van der Waals surface area contributed by atoms with Gasteiger partial charge in [0.25, 0.3) is 0 Å². The number of benzene rings is 1. The van der Waals surface area contributed by atoms with Crippen molar-refractivity contribution >= 4 is 17.3 Å². The summed E-state index contributed by atoms with van der Waals surface area (Å²) >= 11 is 0. The van der Waals surface area contributed by atoms with Gasteiger partial charge in [0.15, 0.2) is 5.65 Å². The topological polar surface area (TPSA) is 72.5 Å².